The van der Waals surface area contributed by atoms with Crippen LogP contribution in [0.4, 0.5) is 0 Å². The molecular formula is C10H11N3O2. The molecule has 0 unspecified atom stereocenters. The summed E-state index contributed by atoms with van der Waals surface area (Å²) in [6.07, 6.45) is 3.20. The van der Waals surface area contributed by atoms with Crippen LogP contribution in [0.25, 0.3) is 0 Å². The topological polar surface area (TPSA) is 60.9 Å². The number of carbonyl (C=O) groups is 1. The summed E-state index contributed by atoms with van der Waals surface area (Å²) in [4.78, 5) is 15.8. The Kier molecular flexibility index (Phi) is 2.37. The predicted octanol–water partition coefficient (Wildman–Crippen LogP) is 1.14. The van der Waals surface area contributed by atoms with Crippen molar-refractivity contribution in [2.75, 3.05) is 0 Å². The molecule has 2 rings (SSSR count). The van der Waals surface area contributed by atoms with Gasteiger partial charge in [-0.1, -0.05) is 0 Å². The predicted molar refractivity (Wildman–Crippen MR) is 52.5 cm³/mol. The zero-order valence-corrected chi connectivity index (χ0v) is 8.60. The summed E-state index contributed by atoms with van der Waals surface area (Å²) in [5.74, 6) is 1.29. The Hall–Kier alpha value is -1.91. The molecule has 0 fully saturated rings. The van der Waals surface area contributed by atoms with Gasteiger partial charge in [0.25, 0.3) is 0 Å². The lowest BCUT2D eigenvalue weighted by molar-refractivity contribution is 0.0988. The van der Waals surface area contributed by atoms with E-state index in [1.807, 2.05) is 0 Å². The second-order valence-electron chi connectivity index (χ2n) is 3.29. The third-order valence-corrected chi connectivity index (χ3v) is 2.28. The van der Waals surface area contributed by atoms with Crippen molar-refractivity contribution in [3.05, 3.63) is 35.8 Å². The molecule has 78 valence electrons. The zero-order chi connectivity index (χ0) is 10.8. The van der Waals surface area contributed by atoms with Crippen molar-refractivity contribution in [2.45, 2.75) is 13.3 Å². The number of carbonyl (C=O) groups excluding carboxylic acids is 1. The molecule has 0 amide bonds. The van der Waals surface area contributed by atoms with Crippen LogP contribution in [0.2, 0.25) is 0 Å². The normalized spacial score (nSPS) is 10.5. The van der Waals surface area contributed by atoms with E-state index >= 15 is 0 Å². The minimum atomic E-state index is -0.00245. The number of ketones is 1. The molecule has 0 spiro atoms. The lowest BCUT2D eigenvalue weighted by Crippen LogP contribution is -2.09. The summed E-state index contributed by atoms with van der Waals surface area (Å²) < 4.78 is 6.66. The summed E-state index contributed by atoms with van der Waals surface area (Å²) in [6.45, 7) is 1.77. The highest BCUT2D eigenvalue weighted by Gasteiger charge is 2.14. The van der Waals surface area contributed by atoms with E-state index in [-0.39, 0.29) is 12.2 Å². The molecule has 0 aromatic carbocycles. The molecule has 2 aromatic rings. The highest BCUT2D eigenvalue weighted by Crippen LogP contribution is 2.11. The standard InChI is InChI=1S/C10H11N3O2/c1-7-8(3-4-15-7)9(14)5-10-11-6-12-13(10)2/h3-4,6H,5H2,1-2H3. The molecule has 5 heteroatoms. The van der Waals surface area contributed by atoms with E-state index in [4.69, 9.17) is 4.42 Å². The maximum atomic E-state index is 11.8. The molecule has 0 atom stereocenters. The van der Waals surface area contributed by atoms with Crippen LogP contribution in [0, 0.1) is 6.92 Å². The average Bonchev–Trinajstić information content (AvgIpc) is 2.76. The summed E-state index contributed by atoms with van der Waals surface area (Å²) in [5.41, 5.74) is 0.609. The molecule has 0 saturated heterocycles. The first-order valence-electron chi connectivity index (χ1n) is 4.58. The number of furan rings is 1. The molecule has 0 aliphatic carbocycles. The minimum absolute atomic E-state index is 0.00245. The third-order valence-electron chi connectivity index (χ3n) is 2.28. The maximum Gasteiger partial charge on any atom is 0.173 e. The van der Waals surface area contributed by atoms with Gasteiger partial charge in [-0.3, -0.25) is 9.48 Å². The number of aryl methyl sites for hydroxylation is 2. The van der Waals surface area contributed by atoms with Gasteiger partial charge in [0.1, 0.15) is 17.9 Å². The quantitative estimate of drug-likeness (QED) is 0.705. The van der Waals surface area contributed by atoms with Gasteiger partial charge in [-0.05, 0) is 13.0 Å². The Balaban J connectivity index is 2.18. The van der Waals surface area contributed by atoms with Crippen LogP contribution in [0.1, 0.15) is 21.9 Å². The molecule has 0 aliphatic heterocycles. The van der Waals surface area contributed by atoms with Crippen LogP contribution in [-0.4, -0.2) is 20.5 Å². The Bertz CT molecular complexity index is 484. The number of aromatic nitrogens is 3. The van der Waals surface area contributed by atoms with Gasteiger partial charge in [0, 0.05) is 7.05 Å². The van der Waals surface area contributed by atoms with Gasteiger partial charge in [-0.25, -0.2) is 4.98 Å². The van der Waals surface area contributed by atoms with Crippen LogP contribution < -0.4 is 0 Å². The molecule has 2 heterocycles. The summed E-state index contributed by atoms with van der Waals surface area (Å²) in [6, 6.07) is 1.67. The van der Waals surface area contributed by atoms with Gasteiger partial charge in [0.05, 0.1) is 18.2 Å². The van der Waals surface area contributed by atoms with Crippen molar-refractivity contribution in [3.8, 4) is 0 Å². The highest BCUT2D eigenvalue weighted by molar-refractivity contribution is 5.97. The smallest absolute Gasteiger partial charge is 0.173 e. The fourth-order valence-corrected chi connectivity index (χ4v) is 1.39. The van der Waals surface area contributed by atoms with E-state index in [9.17, 15) is 4.79 Å². The first kappa shape index (κ1) is 9.64. The van der Waals surface area contributed by atoms with E-state index < -0.39 is 0 Å². The second kappa shape index (κ2) is 3.68. The van der Waals surface area contributed by atoms with Crippen LogP contribution in [0.5, 0.6) is 0 Å². The lowest BCUT2D eigenvalue weighted by Gasteiger charge is -1.98. The number of Topliss-reactive ketones (excluding diaryl/α,β-unsaturated/α-hetero) is 1. The Morgan fingerprint density at radius 2 is 2.40 bits per heavy atom. The maximum absolute atomic E-state index is 11.8. The van der Waals surface area contributed by atoms with Crippen LogP contribution in [-0.2, 0) is 13.5 Å². The monoisotopic (exact) mass is 205 g/mol. The molecule has 0 aliphatic rings. The molecule has 5 nitrogen and oxygen atoms in total. The first-order chi connectivity index (χ1) is 7.18. The minimum Gasteiger partial charge on any atom is -0.469 e. The lowest BCUT2D eigenvalue weighted by atomic mass is 10.1. The summed E-state index contributed by atoms with van der Waals surface area (Å²) in [5, 5.41) is 3.90. The van der Waals surface area contributed by atoms with Gasteiger partial charge >= 0.3 is 0 Å². The number of hydrogen-bond acceptors (Lipinski definition) is 4. The zero-order valence-electron chi connectivity index (χ0n) is 8.60. The molecule has 0 radical (unpaired) electrons. The molecule has 15 heavy (non-hydrogen) atoms. The third kappa shape index (κ3) is 1.81. The van der Waals surface area contributed by atoms with E-state index in [2.05, 4.69) is 10.1 Å². The van der Waals surface area contributed by atoms with E-state index in [1.165, 1.54) is 12.6 Å². The van der Waals surface area contributed by atoms with E-state index in [0.29, 0.717) is 17.1 Å². The van der Waals surface area contributed by atoms with Crippen LogP contribution in [0.15, 0.2) is 23.1 Å². The van der Waals surface area contributed by atoms with Gasteiger partial charge in [-0.15, -0.1) is 0 Å². The first-order valence-corrected chi connectivity index (χ1v) is 4.58. The Morgan fingerprint density at radius 3 is 2.93 bits per heavy atom. The van der Waals surface area contributed by atoms with Crippen molar-refractivity contribution >= 4 is 5.78 Å². The molecule has 2 aromatic heterocycles. The fraction of sp³-hybridized carbons (Fsp3) is 0.300. The Morgan fingerprint density at radius 1 is 1.60 bits per heavy atom. The van der Waals surface area contributed by atoms with Crippen molar-refractivity contribution in [3.63, 3.8) is 0 Å². The second-order valence-corrected chi connectivity index (χ2v) is 3.29. The van der Waals surface area contributed by atoms with Crippen LogP contribution >= 0.6 is 0 Å². The van der Waals surface area contributed by atoms with Crippen molar-refractivity contribution in [1.29, 1.82) is 0 Å². The number of rotatable bonds is 3. The molecule has 0 bridgehead atoms. The van der Waals surface area contributed by atoms with E-state index in [1.54, 1.807) is 24.7 Å². The highest BCUT2D eigenvalue weighted by atomic mass is 16.3. The van der Waals surface area contributed by atoms with Gasteiger partial charge in [0.2, 0.25) is 0 Å². The van der Waals surface area contributed by atoms with Gasteiger partial charge in [-0.2, -0.15) is 5.10 Å². The van der Waals surface area contributed by atoms with Gasteiger partial charge < -0.3 is 4.42 Å². The summed E-state index contributed by atoms with van der Waals surface area (Å²) >= 11 is 0. The SMILES string of the molecule is Cc1occc1C(=O)Cc1ncnn1C. The van der Waals surface area contributed by atoms with Crippen molar-refractivity contribution in [1.82, 2.24) is 14.8 Å². The van der Waals surface area contributed by atoms with Crippen molar-refractivity contribution in [2.24, 2.45) is 7.05 Å². The molecule has 0 saturated carbocycles. The molecular weight excluding hydrogens is 194 g/mol. The Labute approximate surface area is 86.7 Å². The average molecular weight is 205 g/mol. The number of hydrogen-bond donors (Lipinski definition) is 0. The fourth-order valence-electron chi connectivity index (χ4n) is 1.39. The van der Waals surface area contributed by atoms with E-state index in [0.717, 1.165) is 0 Å². The molecule has 0 N–H and O–H groups in total. The van der Waals surface area contributed by atoms with Crippen LogP contribution in [0.3, 0.4) is 0 Å². The summed E-state index contributed by atoms with van der Waals surface area (Å²) in [7, 11) is 1.76. The largest absolute Gasteiger partial charge is 0.469 e. The number of nitrogens with zero attached hydrogens (tertiary/aromatic N) is 3. The van der Waals surface area contributed by atoms with Crippen molar-refractivity contribution < 1.29 is 9.21 Å². The van der Waals surface area contributed by atoms with Gasteiger partial charge in [0.15, 0.2) is 5.78 Å².